The van der Waals surface area contributed by atoms with Crippen molar-refractivity contribution < 1.29 is 13.9 Å². The average Bonchev–Trinajstić information content (AvgIpc) is 3.12. The van der Waals surface area contributed by atoms with Crippen molar-refractivity contribution in [1.82, 2.24) is 4.98 Å². The van der Waals surface area contributed by atoms with E-state index >= 15 is 0 Å². The highest BCUT2D eigenvalue weighted by molar-refractivity contribution is 9.10. The fourth-order valence-corrected chi connectivity index (χ4v) is 3.62. The number of benzene rings is 3. The lowest BCUT2D eigenvalue weighted by Crippen LogP contribution is -2.42. The predicted molar refractivity (Wildman–Crippen MR) is 127 cm³/mol. The summed E-state index contributed by atoms with van der Waals surface area (Å²) in [6, 6.07) is 18.3. The van der Waals surface area contributed by atoms with E-state index in [-0.39, 0.29) is 5.91 Å². The Bertz CT molecular complexity index is 1270. The van der Waals surface area contributed by atoms with Crippen molar-refractivity contribution in [1.29, 1.82) is 0 Å². The predicted octanol–water partition coefficient (Wildman–Crippen LogP) is 7.02. The molecule has 1 amide bonds. The summed E-state index contributed by atoms with van der Waals surface area (Å²) in [6.45, 7) is 5.41. The van der Waals surface area contributed by atoms with Gasteiger partial charge < -0.3 is 14.5 Å². The molecule has 0 saturated heterocycles. The summed E-state index contributed by atoms with van der Waals surface area (Å²) in [4.78, 5) is 17.4. The first-order valence-corrected chi connectivity index (χ1v) is 10.8. The third-order valence-electron chi connectivity index (χ3n) is 4.73. The zero-order chi connectivity index (χ0) is 22.2. The second-order valence-corrected chi connectivity index (χ2v) is 9.03. The zero-order valence-electron chi connectivity index (χ0n) is 17.2. The minimum Gasteiger partial charge on any atom is -0.478 e. The highest BCUT2D eigenvalue weighted by atomic mass is 79.9. The van der Waals surface area contributed by atoms with Crippen molar-refractivity contribution in [3.63, 3.8) is 0 Å². The lowest BCUT2D eigenvalue weighted by molar-refractivity contribution is -0.128. The van der Waals surface area contributed by atoms with Gasteiger partial charge in [0.05, 0.1) is 10.6 Å². The monoisotopic (exact) mass is 498 g/mol. The summed E-state index contributed by atoms with van der Waals surface area (Å²) in [5, 5.41) is 3.47. The van der Waals surface area contributed by atoms with E-state index in [4.69, 9.17) is 20.8 Å². The van der Waals surface area contributed by atoms with Gasteiger partial charge in [0.25, 0.3) is 5.91 Å². The van der Waals surface area contributed by atoms with Crippen LogP contribution in [0.2, 0.25) is 5.02 Å². The number of hydrogen-bond donors (Lipinski definition) is 1. The molecule has 0 fully saturated rings. The van der Waals surface area contributed by atoms with Crippen LogP contribution in [-0.4, -0.2) is 16.5 Å². The Hall–Kier alpha value is -2.83. The molecule has 0 bridgehead atoms. The number of halogens is 2. The van der Waals surface area contributed by atoms with Crippen LogP contribution in [-0.2, 0) is 4.79 Å². The third-order valence-corrected chi connectivity index (χ3v) is 5.58. The number of hydrogen-bond acceptors (Lipinski definition) is 4. The van der Waals surface area contributed by atoms with Crippen LogP contribution < -0.4 is 10.1 Å². The van der Waals surface area contributed by atoms with Gasteiger partial charge in [-0.3, -0.25) is 4.79 Å². The number of anilines is 1. The molecule has 1 heterocycles. The minimum absolute atomic E-state index is 0.278. The number of nitrogens with one attached hydrogen (secondary N) is 1. The number of ether oxygens (including phenoxy) is 1. The van der Waals surface area contributed by atoms with E-state index in [1.807, 2.05) is 37.3 Å². The van der Waals surface area contributed by atoms with Crippen LogP contribution in [0.3, 0.4) is 0 Å². The van der Waals surface area contributed by atoms with Crippen molar-refractivity contribution in [2.24, 2.45) is 0 Å². The quantitative estimate of drug-likeness (QED) is 0.320. The highest BCUT2D eigenvalue weighted by Gasteiger charge is 2.30. The van der Waals surface area contributed by atoms with Gasteiger partial charge >= 0.3 is 0 Å². The van der Waals surface area contributed by atoms with E-state index in [1.165, 1.54) is 0 Å². The van der Waals surface area contributed by atoms with Crippen molar-refractivity contribution in [3.8, 4) is 17.2 Å². The molecule has 3 aromatic carbocycles. The molecule has 5 nitrogen and oxygen atoms in total. The van der Waals surface area contributed by atoms with Gasteiger partial charge in [-0.2, -0.15) is 0 Å². The normalized spacial score (nSPS) is 11.5. The molecule has 0 radical (unpaired) electrons. The number of carbonyl (C=O) groups excluding carboxylic acids is 1. The molecular weight excluding hydrogens is 480 g/mol. The number of rotatable bonds is 5. The van der Waals surface area contributed by atoms with Gasteiger partial charge in [-0.05, 0) is 80.9 Å². The zero-order valence-corrected chi connectivity index (χ0v) is 19.5. The maximum Gasteiger partial charge on any atom is 0.267 e. The fraction of sp³-hybridized carbons (Fsp3) is 0.167. The molecule has 1 N–H and O–H groups in total. The van der Waals surface area contributed by atoms with Crippen LogP contribution in [0.5, 0.6) is 5.75 Å². The van der Waals surface area contributed by atoms with Crippen LogP contribution in [0.4, 0.5) is 5.69 Å². The van der Waals surface area contributed by atoms with Gasteiger partial charge in [0.15, 0.2) is 11.2 Å². The summed E-state index contributed by atoms with van der Waals surface area (Å²) in [5.74, 6) is 0.761. The Labute approximate surface area is 193 Å². The molecule has 0 aliphatic heterocycles. The Balaban J connectivity index is 1.54. The summed E-state index contributed by atoms with van der Waals surface area (Å²) in [7, 11) is 0. The molecule has 4 rings (SSSR count). The number of aryl methyl sites for hydroxylation is 1. The number of fused-ring (bicyclic) bond motifs is 1. The summed E-state index contributed by atoms with van der Waals surface area (Å²) in [6.07, 6.45) is 0. The number of amides is 1. The van der Waals surface area contributed by atoms with E-state index < -0.39 is 5.60 Å². The van der Waals surface area contributed by atoms with Gasteiger partial charge in [-0.15, -0.1) is 0 Å². The average molecular weight is 500 g/mol. The lowest BCUT2D eigenvalue weighted by atomic mass is 10.1. The lowest BCUT2D eigenvalue weighted by Gasteiger charge is -2.25. The highest BCUT2D eigenvalue weighted by Crippen LogP contribution is 2.32. The largest absolute Gasteiger partial charge is 0.478 e. The first-order valence-electron chi connectivity index (χ1n) is 9.64. The summed E-state index contributed by atoms with van der Waals surface area (Å²) >= 11 is 9.73. The van der Waals surface area contributed by atoms with Crippen LogP contribution in [0.1, 0.15) is 19.4 Å². The second-order valence-electron chi connectivity index (χ2n) is 7.71. The van der Waals surface area contributed by atoms with E-state index in [2.05, 4.69) is 26.2 Å². The SMILES string of the molecule is Cc1ccc(-c2nc3cc(NC(=O)C(C)(C)Oc4ccc(Br)cc4)ccc3o2)c(Cl)c1. The molecule has 0 aliphatic rings. The first-order chi connectivity index (χ1) is 14.7. The standard InChI is InChI=1S/C24H20BrClN2O3/c1-14-4-10-18(19(26)12-14)22-28-20-13-16(7-11-21(20)30-22)27-23(29)24(2,3)31-17-8-5-15(25)6-9-17/h4-13H,1-3H3,(H,27,29). The van der Waals surface area contributed by atoms with Crippen LogP contribution in [0, 0.1) is 6.92 Å². The Morgan fingerprint density at radius 1 is 1.10 bits per heavy atom. The molecule has 4 aromatic rings. The molecule has 0 saturated carbocycles. The Morgan fingerprint density at radius 2 is 1.84 bits per heavy atom. The molecule has 0 aliphatic carbocycles. The minimum atomic E-state index is -1.08. The van der Waals surface area contributed by atoms with Crippen molar-refractivity contribution >= 4 is 50.2 Å². The van der Waals surface area contributed by atoms with E-state index in [1.54, 1.807) is 44.2 Å². The first kappa shape index (κ1) is 21.4. The van der Waals surface area contributed by atoms with Gasteiger partial charge in [-0.1, -0.05) is 33.6 Å². The molecule has 0 unspecified atom stereocenters. The molecule has 7 heteroatoms. The number of nitrogens with zero attached hydrogens (tertiary/aromatic N) is 1. The van der Waals surface area contributed by atoms with Gasteiger partial charge in [0.2, 0.25) is 5.89 Å². The number of oxazole rings is 1. The van der Waals surface area contributed by atoms with Crippen molar-refractivity contribution in [2.75, 3.05) is 5.32 Å². The maximum absolute atomic E-state index is 12.8. The summed E-state index contributed by atoms with van der Waals surface area (Å²) in [5.41, 5.74) is 2.53. The number of aromatic nitrogens is 1. The van der Waals surface area contributed by atoms with Gasteiger partial charge in [-0.25, -0.2) is 4.98 Å². The Kier molecular flexibility index (Phi) is 5.77. The Morgan fingerprint density at radius 3 is 2.55 bits per heavy atom. The van der Waals surface area contributed by atoms with Gasteiger partial charge in [0, 0.05) is 10.2 Å². The van der Waals surface area contributed by atoms with E-state index in [9.17, 15) is 4.79 Å². The van der Waals surface area contributed by atoms with Crippen molar-refractivity contribution in [3.05, 3.63) is 75.7 Å². The second kappa shape index (κ2) is 8.36. The van der Waals surface area contributed by atoms with E-state index in [0.29, 0.717) is 33.4 Å². The smallest absolute Gasteiger partial charge is 0.267 e. The topological polar surface area (TPSA) is 64.4 Å². The van der Waals surface area contributed by atoms with E-state index in [0.717, 1.165) is 15.6 Å². The maximum atomic E-state index is 12.8. The molecule has 0 atom stereocenters. The van der Waals surface area contributed by atoms with Gasteiger partial charge in [0.1, 0.15) is 11.3 Å². The number of carbonyl (C=O) groups is 1. The molecule has 1 aromatic heterocycles. The third kappa shape index (κ3) is 4.75. The molecule has 31 heavy (non-hydrogen) atoms. The van der Waals surface area contributed by atoms with Crippen LogP contribution in [0.15, 0.2) is 69.6 Å². The van der Waals surface area contributed by atoms with Crippen molar-refractivity contribution in [2.45, 2.75) is 26.4 Å². The summed E-state index contributed by atoms with van der Waals surface area (Å²) < 4.78 is 12.7. The molecule has 158 valence electrons. The fourth-order valence-electron chi connectivity index (χ4n) is 3.04. The molecule has 0 spiro atoms. The molecular formula is C24H20BrClN2O3. The van der Waals surface area contributed by atoms with Crippen LogP contribution in [0.25, 0.3) is 22.6 Å². The van der Waals surface area contributed by atoms with Crippen LogP contribution >= 0.6 is 27.5 Å².